The second kappa shape index (κ2) is 45.2. The van der Waals surface area contributed by atoms with E-state index in [1.807, 2.05) is 94.5 Å². The van der Waals surface area contributed by atoms with E-state index in [1.165, 1.54) is 39.4 Å². The van der Waals surface area contributed by atoms with Crippen LogP contribution in [0.15, 0.2) is 116 Å². The molecule has 109 heavy (non-hydrogen) atoms. The number of allylic oxidation sites excluding steroid dienone is 4. The van der Waals surface area contributed by atoms with Crippen LogP contribution in [-0.2, 0) is 48.0 Å². The Hall–Kier alpha value is -9.03. The molecule has 0 fully saturated rings. The molecule has 15 nitrogen and oxygen atoms in total. The molecule has 0 spiro atoms. The van der Waals surface area contributed by atoms with Crippen molar-refractivity contribution in [2.24, 2.45) is 28.6 Å². The summed E-state index contributed by atoms with van der Waals surface area (Å²) in [6.07, 6.45) is 55.3. The monoisotopic (exact) mass is 1540 g/mol. The lowest BCUT2D eigenvalue weighted by Crippen LogP contribution is -2.28. The van der Waals surface area contributed by atoms with Gasteiger partial charge in [0.05, 0.1) is 28.0 Å². The van der Waals surface area contributed by atoms with Gasteiger partial charge in [0.25, 0.3) is 0 Å². The number of thiazole rings is 2. The number of nitrogens with one attached hydrogen (secondary N) is 1. The normalized spacial score (nSPS) is 13.9. The van der Waals surface area contributed by atoms with Crippen molar-refractivity contribution in [3.05, 3.63) is 177 Å². The van der Waals surface area contributed by atoms with Crippen LogP contribution in [0.25, 0.3) is 12.2 Å². The van der Waals surface area contributed by atoms with Gasteiger partial charge in [0, 0.05) is 100 Å². The molecule has 0 bridgehead atoms. The number of carbonyl (C=O) groups is 2. The number of ketones is 2. The number of hydrogen-bond donors (Lipinski definition) is 1. The molecule has 0 saturated heterocycles. The van der Waals surface area contributed by atoms with Crippen molar-refractivity contribution in [3.8, 4) is 61.7 Å². The van der Waals surface area contributed by atoms with Gasteiger partial charge < -0.3 is 9.55 Å². The third-order valence-electron chi connectivity index (χ3n) is 15.3. The topological polar surface area (TPSA) is 173 Å². The minimum atomic E-state index is -0.421. The van der Waals surface area contributed by atoms with E-state index < -0.39 is 5.95 Å². The highest BCUT2D eigenvalue weighted by Gasteiger charge is 2.31. The summed E-state index contributed by atoms with van der Waals surface area (Å²) in [5, 5.41) is 17.7. The van der Waals surface area contributed by atoms with Crippen molar-refractivity contribution in [2.75, 3.05) is 0 Å². The summed E-state index contributed by atoms with van der Waals surface area (Å²) in [6.45, 7) is 70.7. The van der Waals surface area contributed by atoms with Gasteiger partial charge >= 0.3 is 0 Å². The maximum absolute atomic E-state index is 12.3. The highest BCUT2D eigenvalue weighted by atomic mass is 32.1. The van der Waals surface area contributed by atoms with Crippen LogP contribution in [0.1, 0.15) is 288 Å². The van der Waals surface area contributed by atoms with Gasteiger partial charge in [-0.25, -0.2) is 19.9 Å². The van der Waals surface area contributed by atoms with Crippen LogP contribution in [0.4, 0.5) is 4.39 Å². The number of carbonyl (C=O) groups excluding carboxylic acids is 2. The van der Waals surface area contributed by atoms with Crippen LogP contribution in [0.5, 0.6) is 0 Å². The van der Waals surface area contributed by atoms with Crippen LogP contribution in [0.3, 0.4) is 0 Å². The predicted molar refractivity (Wildman–Crippen MR) is 463 cm³/mol. The minimum Gasteiger partial charge on any atom is -0.345 e. The average molecular weight is 1540 g/mol. The fourth-order valence-corrected chi connectivity index (χ4v) is 11.4. The Morgan fingerprint density at radius 3 is 1.45 bits per heavy atom. The van der Waals surface area contributed by atoms with Crippen molar-refractivity contribution in [2.45, 2.75) is 272 Å². The number of aromatic amines is 1. The summed E-state index contributed by atoms with van der Waals surface area (Å²) in [4.78, 5) is 42.7. The van der Waals surface area contributed by atoms with E-state index in [0.717, 1.165) is 64.5 Å². The Morgan fingerprint density at radius 1 is 0.596 bits per heavy atom. The maximum Gasteiger partial charge on any atom is 0.232 e. The molecule has 2 unspecified atom stereocenters. The van der Waals surface area contributed by atoms with Crippen LogP contribution < -0.4 is 0 Å². The molecule has 8 aromatic rings. The number of halogens is 1. The molecule has 10 rings (SSSR count). The Morgan fingerprint density at radius 2 is 1.16 bits per heavy atom. The Bertz CT molecular complexity index is 4060. The van der Waals surface area contributed by atoms with Crippen molar-refractivity contribution >= 4 is 57.9 Å². The van der Waals surface area contributed by atoms with E-state index in [9.17, 15) is 14.0 Å². The number of rotatable bonds is 2. The molecule has 1 N–H and O–H groups in total. The Kier molecular flexibility index (Phi) is 41.5. The summed E-state index contributed by atoms with van der Waals surface area (Å²) in [6, 6.07) is 5.15. The van der Waals surface area contributed by atoms with E-state index >= 15 is 0 Å². The number of imidazole rings is 2. The standard InChI is InChI=1S/2C10H16O.C9H12N2.C9H14N2.C9H12N2.3C9H11NS.C7H11FN2.C5H6N2.C4H10/c1-10(2,3)8-5-4-6-9(11)7-8;1-10(2,3)8-6-4-5-7-9(8)11;1-5-8-10-6-7-11(8)9(2,3)4;2*1-5-8-6-7-11(10-8)9(2,3)4;1-5-8-10-7(6-11-8)9(2,3)4;1-5-8-10-6-7(11-8)9(2,3)4;1-5-8-7(6-11-10-8)9(2,3)4;1-7(2,3)10-5-4-6(8)9-10;1-2-5-6-3-4-7-5;1-4(2)3/h4,6,8H,5,7H2,1-3H3;5,7-8H,4,6H2,1-3H3;1,6-7H,2-4H3;5-7H,1H2,2-4H3;1,6-7H,2-4H3;3*1,6H,2-4H3;4-5H,1-3H3;2-4H,1H2,(H,6,7);4H,1-3H3. The number of hydrogen-bond acceptors (Lipinski definition) is 13. The fourth-order valence-electron chi connectivity index (χ4n) is 8.85. The van der Waals surface area contributed by atoms with Gasteiger partial charge in [-0.05, 0) is 213 Å². The first kappa shape index (κ1) is 100.0. The number of nitrogens with zero attached hydrogens (tertiary/aromatic N) is 12. The van der Waals surface area contributed by atoms with Crippen LogP contribution in [0.2, 0.25) is 0 Å². The molecule has 2 aliphatic carbocycles. The molecule has 19 heteroatoms. The molecule has 0 radical (unpaired) electrons. The van der Waals surface area contributed by atoms with Gasteiger partial charge in [0.15, 0.2) is 27.4 Å². The summed E-state index contributed by atoms with van der Waals surface area (Å²) in [5.41, 5.74) is 5.50. The Balaban J connectivity index is 0.00000118. The highest BCUT2D eigenvalue weighted by molar-refractivity contribution is 7.12. The van der Waals surface area contributed by atoms with Gasteiger partial charge in [0.1, 0.15) is 17.2 Å². The summed E-state index contributed by atoms with van der Waals surface area (Å²) >= 11 is 4.55. The van der Waals surface area contributed by atoms with Crippen LogP contribution >= 0.6 is 34.2 Å². The second-order valence-corrected chi connectivity index (χ2v) is 38.1. The molecule has 8 heterocycles. The van der Waals surface area contributed by atoms with Gasteiger partial charge in [-0.2, -0.15) is 19.0 Å². The van der Waals surface area contributed by atoms with Crippen molar-refractivity contribution < 1.29 is 14.0 Å². The molecule has 2 aliphatic rings. The fraction of sp³-hybridized carbons (Fsp3) is 0.511. The third kappa shape index (κ3) is 40.3. The molecule has 0 aromatic carbocycles. The lowest BCUT2D eigenvalue weighted by Gasteiger charge is -2.30. The number of terminal acetylenes is 5. The van der Waals surface area contributed by atoms with Gasteiger partial charge in [-0.1, -0.05) is 150 Å². The summed E-state index contributed by atoms with van der Waals surface area (Å²) in [5.74, 6) is 16.0. The van der Waals surface area contributed by atoms with E-state index in [-0.39, 0.29) is 60.9 Å². The zero-order chi connectivity index (χ0) is 84.3. The lowest BCUT2D eigenvalue weighted by atomic mass is 9.74. The first-order valence-corrected chi connectivity index (χ1v) is 39.2. The minimum absolute atomic E-state index is 0.0229. The molecule has 8 aromatic heterocycles. The van der Waals surface area contributed by atoms with Crippen LogP contribution in [-0.4, -0.2) is 74.8 Å². The van der Waals surface area contributed by atoms with Crippen molar-refractivity contribution in [3.63, 3.8) is 0 Å². The highest BCUT2D eigenvalue weighted by Crippen LogP contribution is 2.35. The lowest BCUT2D eigenvalue weighted by molar-refractivity contribution is -0.122. The van der Waals surface area contributed by atoms with E-state index in [4.69, 9.17) is 32.1 Å². The first-order chi connectivity index (χ1) is 49.9. The number of H-pyrrole nitrogens is 1. The van der Waals surface area contributed by atoms with Crippen molar-refractivity contribution in [1.29, 1.82) is 0 Å². The van der Waals surface area contributed by atoms with Gasteiger partial charge in [-0.3, -0.25) is 23.6 Å². The third-order valence-corrected chi connectivity index (χ3v) is 18.1. The second-order valence-electron chi connectivity index (χ2n) is 35.6. The Labute approximate surface area is 669 Å². The molecule has 0 saturated carbocycles. The SMILES string of the molecule is C#Cc1ccn(C(C)(C)C)n1.C#Cc1nc(C(C)(C)C)cs1.C#Cc1ncc(C(C)(C)C)s1.C#Cc1nccn1C(C)(C)C.C#Cc1nscc1C(C)(C)C.C=Cc1ccn(C(C)(C)C)n1.C=Cc1ncc[nH]1.CC(C)(C)C1CC=CC(=O)C1.CC(C)(C)C1CCC=CC1=O.CC(C)(C)n1ccc(F)n1.CC(C)C. The quantitative estimate of drug-likeness (QED) is 0.164. The predicted octanol–water partition coefficient (Wildman–Crippen LogP) is 22.4. The molecule has 0 amide bonds. The molecular weight excluding hydrogens is 1410 g/mol. The van der Waals surface area contributed by atoms with E-state index in [1.54, 1.807) is 65.1 Å². The largest absolute Gasteiger partial charge is 0.345 e. The molecule has 0 aliphatic heterocycles. The zero-order valence-electron chi connectivity index (χ0n) is 71.6. The molecule has 592 valence electrons. The summed E-state index contributed by atoms with van der Waals surface area (Å²) in [7, 11) is 0. The smallest absolute Gasteiger partial charge is 0.232 e. The van der Waals surface area contributed by atoms with Gasteiger partial charge in [0.2, 0.25) is 5.95 Å². The van der Waals surface area contributed by atoms with Crippen molar-refractivity contribution in [1.82, 2.24) is 63.2 Å². The van der Waals surface area contributed by atoms with E-state index in [2.05, 4.69) is 274 Å². The average Bonchev–Trinajstić information content (AvgIpc) is 1.49. The number of aromatic nitrogens is 13. The van der Waals surface area contributed by atoms with E-state index in [0.29, 0.717) is 23.2 Å². The summed E-state index contributed by atoms with van der Waals surface area (Å²) < 4.78 is 23.8. The molecule has 2 atom stereocenters. The first-order valence-electron chi connectivity index (χ1n) is 36.7. The van der Waals surface area contributed by atoms with Gasteiger partial charge in [-0.15, -0.1) is 59.9 Å². The van der Waals surface area contributed by atoms with Crippen LogP contribution in [0, 0.1) is 96.3 Å². The molecular formula is C90H130FN13O2S3. The zero-order valence-corrected chi connectivity index (χ0v) is 74.1. The maximum atomic E-state index is 12.3.